The van der Waals surface area contributed by atoms with Crippen LogP contribution in [0.25, 0.3) is 17.3 Å². The van der Waals surface area contributed by atoms with Gasteiger partial charge in [0.1, 0.15) is 11.5 Å². The summed E-state index contributed by atoms with van der Waals surface area (Å²) in [5.41, 5.74) is 3.13. The lowest BCUT2D eigenvalue weighted by molar-refractivity contribution is -0.114. The number of anilines is 2. The van der Waals surface area contributed by atoms with E-state index in [-0.39, 0.29) is 11.8 Å². The van der Waals surface area contributed by atoms with E-state index in [1.54, 1.807) is 50.6 Å². The number of hydrogen-bond acceptors (Lipinski definition) is 6. The van der Waals surface area contributed by atoms with Gasteiger partial charge in [0.15, 0.2) is 5.13 Å². The standard InChI is InChI=1S/C22H21N3O4S/c1-14(26)23-17-7-5-16(6-8-17)20-13-30-22(24-20)25-21(27)9-4-15-10-18(28-2)12-19(11-15)29-3/h4-13H,1-3H3,(H,23,26)(H,24,25,27)/b9-4+. The molecule has 0 radical (unpaired) electrons. The normalized spacial score (nSPS) is 10.6. The molecule has 154 valence electrons. The third kappa shape index (κ3) is 5.68. The largest absolute Gasteiger partial charge is 0.497 e. The number of nitrogens with zero attached hydrogens (tertiary/aromatic N) is 1. The molecule has 1 aromatic heterocycles. The number of nitrogens with one attached hydrogen (secondary N) is 2. The first-order chi connectivity index (χ1) is 14.5. The number of thiazole rings is 1. The van der Waals surface area contributed by atoms with Gasteiger partial charge in [0, 0.05) is 35.7 Å². The van der Waals surface area contributed by atoms with Crippen molar-refractivity contribution in [3.05, 3.63) is 59.5 Å². The number of benzene rings is 2. The number of aromatic nitrogens is 1. The lowest BCUT2D eigenvalue weighted by Gasteiger charge is -2.05. The van der Waals surface area contributed by atoms with E-state index in [1.165, 1.54) is 24.3 Å². The second-order valence-corrected chi connectivity index (χ2v) is 7.12. The molecule has 0 aliphatic heterocycles. The molecule has 7 nitrogen and oxygen atoms in total. The summed E-state index contributed by atoms with van der Waals surface area (Å²) in [5, 5.41) is 7.83. The molecular formula is C22H21N3O4S. The number of ether oxygens (including phenoxy) is 2. The number of hydrogen-bond donors (Lipinski definition) is 2. The van der Waals surface area contributed by atoms with Gasteiger partial charge in [0.05, 0.1) is 19.9 Å². The topological polar surface area (TPSA) is 89.5 Å². The summed E-state index contributed by atoms with van der Waals surface area (Å²) < 4.78 is 10.5. The molecule has 0 atom stereocenters. The predicted octanol–water partition coefficient (Wildman–Crippen LogP) is 4.44. The Morgan fingerprint density at radius 3 is 2.27 bits per heavy atom. The van der Waals surface area contributed by atoms with Crippen molar-refractivity contribution >= 4 is 40.0 Å². The van der Waals surface area contributed by atoms with Gasteiger partial charge >= 0.3 is 0 Å². The van der Waals surface area contributed by atoms with Crippen molar-refractivity contribution in [2.75, 3.05) is 24.9 Å². The highest BCUT2D eigenvalue weighted by molar-refractivity contribution is 7.14. The highest BCUT2D eigenvalue weighted by Crippen LogP contribution is 2.26. The van der Waals surface area contributed by atoms with Crippen molar-refractivity contribution < 1.29 is 19.1 Å². The molecule has 2 aromatic carbocycles. The first kappa shape index (κ1) is 21.1. The third-order valence-corrected chi connectivity index (χ3v) is 4.79. The third-order valence-electron chi connectivity index (χ3n) is 4.04. The number of amides is 2. The van der Waals surface area contributed by atoms with E-state index in [0.29, 0.717) is 22.3 Å². The van der Waals surface area contributed by atoms with Gasteiger partial charge in [-0.05, 0) is 35.9 Å². The Hall–Kier alpha value is -3.65. The first-order valence-electron chi connectivity index (χ1n) is 9.02. The van der Waals surface area contributed by atoms with Crippen LogP contribution in [0.1, 0.15) is 12.5 Å². The monoisotopic (exact) mass is 423 g/mol. The summed E-state index contributed by atoms with van der Waals surface area (Å²) >= 11 is 1.33. The van der Waals surface area contributed by atoms with E-state index in [1.807, 2.05) is 17.5 Å². The predicted molar refractivity (Wildman–Crippen MR) is 119 cm³/mol. The van der Waals surface area contributed by atoms with Crippen LogP contribution in [0.4, 0.5) is 10.8 Å². The van der Waals surface area contributed by atoms with Gasteiger partial charge in [-0.2, -0.15) is 0 Å². The van der Waals surface area contributed by atoms with Gasteiger partial charge in [-0.1, -0.05) is 12.1 Å². The minimum absolute atomic E-state index is 0.123. The van der Waals surface area contributed by atoms with E-state index in [9.17, 15) is 9.59 Å². The van der Waals surface area contributed by atoms with E-state index in [0.717, 1.165) is 16.8 Å². The van der Waals surface area contributed by atoms with Crippen LogP contribution in [-0.2, 0) is 9.59 Å². The lowest BCUT2D eigenvalue weighted by Crippen LogP contribution is -2.07. The van der Waals surface area contributed by atoms with Crippen molar-refractivity contribution in [1.82, 2.24) is 4.98 Å². The van der Waals surface area contributed by atoms with Crippen LogP contribution in [0.2, 0.25) is 0 Å². The molecule has 0 aliphatic rings. The average molecular weight is 423 g/mol. The van der Waals surface area contributed by atoms with Gasteiger partial charge < -0.3 is 14.8 Å². The second-order valence-electron chi connectivity index (χ2n) is 6.27. The van der Waals surface area contributed by atoms with Crippen molar-refractivity contribution in [3.63, 3.8) is 0 Å². The quantitative estimate of drug-likeness (QED) is 0.549. The molecule has 0 fully saturated rings. The maximum Gasteiger partial charge on any atom is 0.250 e. The molecule has 8 heteroatoms. The van der Waals surface area contributed by atoms with Gasteiger partial charge in [-0.25, -0.2) is 4.98 Å². The second kappa shape index (κ2) is 9.71. The molecule has 0 unspecified atom stereocenters. The van der Waals surface area contributed by atoms with E-state index in [2.05, 4.69) is 15.6 Å². The summed E-state index contributed by atoms with van der Waals surface area (Å²) in [7, 11) is 3.14. The van der Waals surface area contributed by atoms with Gasteiger partial charge in [-0.3, -0.25) is 14.9 Å². The zero-order valence-electron chi connectivity index (χ0n) is 16.8. The van der Waals surface area contributed by atoms with E-state index < -0.39 is 0 Å². The minimum atomic E-state index is -0.293. The van der Waals surface area contributed by atoms with Crippen molar-refractivity contribution in [3.8, 4) is 22.8 Å². The Balaban J connectivity index is 1.65. The number of carbonyl (C=O) groups excluding carboxylic acids is 2. The molecule has 30 heavy (non-hydrogen) atoms. The van der Waals surface area contributed by atoms with Crippen LogP contribution < -0.4 is 20.1 Å². The molecule has 2 amide bonds. The van der Waals surface area contributed by atoms with E-state index in [4.69, 9.17) is 9.47 Å². The zero-order chi connectivity index (χ0) is 21.5. The van der Waals surface area contributed by atoms with Crippen LogP contribution in [-0.4, -0.2) is 31.0 Å². The summed E-state index contributed by atoms with van der Waals surface area (Å²) in [6.07, 6.45) is 3.10. The molecule has 0 bridgehead atoms. The molecular weight excluding hydrogens is 402 g/mol. The minimum Gasteiger partial charge on any atom is -0.497 e. The van der Waals surface area contributed by atoms with Crippen molar-refractivity contribution in [2.24, 2.45) is 0 Å². The summed E-state index contributed by atoms with van der Waals surface area (Å²) in [5.74, 6) is 0.868. The number of rotatable bonds is 7. The summed E-state index contributed by atoms with van der Waals surface area (Å²) in [6.45, 7) is 1.46. The molecule has 0 saturated heterocycles. The molecule has 2 N–H and O–H groups in total. The molecule has 1 heterocycles. The van der Waals surface area contributed by atoms with Crippen LogP contribution in [0.3, 0.4) is 0 Å². The molecule has 3 aromatic rings. The molecule has 0 saturated carbocycles. The van der Waals surface area contributed by atoms with E-state index >= 15 is 0 Å². The van der Waals surface area contributed by atoms with Crippen LogP contribution in [0.15, 0.2) is 53.9 Å². The zero-order valence-corrected chi connectivity index (χ0v) is 17.6. The molecule has 3 rings (SSSR count). The highest BCUT2D eigenvalue weighted by Gasteiger charge is 2.07. The van der Waals surface area contributed by atoms with Crippen LogP contribution in [0, 0.1) is 0 Å². The Bertz CT molecular complexity index is 1050. The lowest BCUT2D eigenvalue weighted by atomic mass is 10.1. The SMILES string of the molecule is COc1cc(/C=C/C(=O)Nc2nc(-c3ccc(NC(C)=O)cc3)cs2)cc(OC)c1. The maximum absolute atomic E-state index is 12.3. The Labute approximate surface area is 178 Å². The molecule has 0 spiro atoms. The summed E-state index contributed by atoms with van der Waals surface area (Å²) in [4.78, 5) is 27.8. The first-order valence-corrected chi connectivity index (χ1v) is 9.90. The molecule has 0 aliphatic carbocycles. The smallest absolute Gasteiger partial charge is 0.250 e. The fourth-order valence-electron chi connectivity index (χ4n) is 2.64. The van der Waals surface area contributed by atoms with Gasteiger partial charge in [-0.15, -0.1) is 11.3 Å². The fraction of sp³-hybridized carbons (Fsp3) is 0.136. The van der Waals surface area contributed by atoms with Crippen LogP contribution in [0.5, 0.6) is 11.5 Å². The maximum atomic E-state index is 12.3. The highest BCUT2D eigenvalue weighted by atomic mass is 32.1. The number of carbonyl (C=O) groups is 2. The Kier molecular flexibility index (Phi) is 6.82. The van der Waals surface area contributed by atoms with Crippen LogP contribution >= 0.6 is 11.3 Å². The fourth-order valence-corrected chi connectivity index (χ4v) is 3.36. The van der Waals surface area contributed by atoms with Gasteiger partial charge in [0.25, 0.3) is 0 Å². The van der Waals surface area contributed by atoms with Crippen molar-refractivity contribution in [2.45, 2.75) is 6.92 Å². The number of methoxy groups -OCH3 is 2. The average Bonchev–Trinajstić information content (AvgIpc) is 3.20. The van der Waals surface area contributed by atoms with Crippen molar-refractivity contribution in [1.29, 1.82) is 0 Å². The summed E-state index contributed by atoms with van der Waals surface area (Å²) in [6, 6.07) is 12.7. The van der Waals surface area contributed by atoms with Gasteiger partial charge in [0.2, 0.25) is 11.8 Å². The Morgan fingerprint density at radius 2 is 1.67 bits per heavy atom. The Morgan fingerprint density at radius 1 is 1.00 bits per heavy atom.